The molecule has 3 aliphatic carbocycles. The number of benzene rings is 1. The summed E-state index contributed by atoms with van der Waals surface area (Å²) in [6, 6.07) is 3.24. The normalized spacial score (nSPS) is 26.6. The van der Waals surface area contributed by atoms with Crippen LogP contribution in [0.4, 0.5) is 0 Å². The number of ketones is 2. The summed E-state index contributed by atoms with van der Waals surface area (Å²) in [5.41, 5.74) is 1.53. The van der Waals surface area contributed by atoms with Crippen molar-refractivity contribution in [2.45, 2.75) is 31.6 Å². The Morgan fingerprint density at radius 1 is 1.13 bits per heavy atom. The Kier molecular flexibility index (Phi) is 6.93. The molecule has 2 N–H and O–H groups in total. The van der Waals surface area contributed by atoms with Gasteiger partial charge in [0.25, 0.3) is 0 Å². The number of phenols is 1. The van der Waals surface area contributed by atoms with Gasteiger partial charge in [0.2, 0.25) is 11.8 Å². The number of carboxylic acid groups (broad SMARTS) is 1. The molecule has 9 nitrogen and oxygen atoms in total. The monoisotopic (exact) mass is 647 g/mol. The average molecular weight is 649 g/mol. The number of aromatic hydroxyl groups is 1. The first-order chi connectivity index (χ1) is 18.0. The van der Waals surface area contributed by atoms with Gasteiger partial charge in [0.1, 0.15) is 0 Å². The van der Waals surface area contributed by atoms with Gasteiger partial charge in [0.15, 0.2) is 23.1 Å². The molecule has 1 fully saturated rings. The molecule has 1 heterocycles. The summed E-state index contributed by atoms with van der Waals surface area (Å²) in [6.07, 6.45) is 3.40. The van der Waals surface area contributed by atoms with E-state index in [0.29, 0.717) is 15.6 Å². The van der Waals surface area contributed by atoms with E-state index in [-0.39, 0.29) is 76.8 Å². The molecule has 2 amide bonds. The Hall–Kier alpha value is -3.05. The van der Waals surface area contributed by atoms with E-state index in [4.69, 9.17) is 9.84 Å². The number of carbonyl (C=O) groups is 5. The molecule has 38 heavy (non-hydrogen) atoms. The fourth-order valence-electron chi connectivity index (χ4n) is 6.21. The van der Waals surface area contributed by atoms with Crippen LogP contribution in [-0.4, -0.2) is 58.1 Å². The third-order valence-corrected chi connectivity index (χ3v) is 8.84. The lowest BCUT2D eigenvalue weighted by molar-refractivity contribution is -0.142. The molecular formula is C27H23Br2NO8. The number of phenolic OH excluding ortho intramolecular Hbond substituents is 1. The highest BCUT2D eigenvalue weighted by molar-refractivity contribution is 9.12. The summed E-state index contributed by atoms with van der Waals surface area (Å²) in [7, 11) is 1.40. The van der Waals surface area contributed by atoms with Gasteiger partial charge in [-0.2, -0.15) is 0 Å². The van der Waals surface area contributed by atoms with Gasteiger partial charge in [0.05, 0.1) is 23.4 Å². The molecule has 198 valence electrons. The van der Waals surface area contributed by atoms with Crippen LogP contribution >= 0.6 is 31.9 Å². The Balaban J connectivity index is 1.63. The van der Waals surface area contributed by atoms with Crippen LogP contribution in [0.3, 0.4) is 0 Å². The van der Waals surface area contributed by atoms with Gasteiger partial charge in [-0.05, 0) is 53.2 Å². The van der Waals surface area contributed by atoms with Crippen LogP contribution in [0.5, 0.6) is 11.5 Å². The van der Waals surface area contributed by atoms with Gasteiger partial charge in [0, 0.05) is 46.1 Å². The first-order valence-corrected chi connectivity index (χ1v) is 13.7. The second-order valence-corrected chi connectivity index (χ2v) is 11.5. The Morgan fingerprint density at radius 2 is 1.87 bits per heavy atom. The van der Waals surface area contributed by atoms with Gasteiger partial charge in [-0.1, -0.05) is 27.6 Å². The third-order valence-electron chi connectivity index (χ3n) is 7.79. The molecule has 0 saturated carbocycles. The molecule has 4 atom stereocenters. The van der Waals surface area contributed by atoms with Crippen molar-refractivity contribution in [2.24, 2.45) is 17.8 Å². The summed E-state index contributed by atoms with van der Waals surface area (Å²) in [5, 5.41) is 20.1. The van der Waals surface area contributed by atoms with Crippen molar-refractivity contribution < 1.29 is 38.9 Å². The minimum atomic E-state index is -1.01. The van der Waals surface area contributed by atoms with Crippen LogP contribution in [0.1, 0.15) is 37.2 Å². The molecule has 4 unspecified atom stereocenters. The van der Waals surface area contributed by atoms with E-state index in [9.17, 15) is 29.1 Å². The number of allylic oxidation sites excluding steroid dienone is 6. The van der Waals surface area contributed by atoms with Gasteiger partial charge in [-0.15, -0.1) is 0 Å². The Labute approximate surface area is 234 Å². The van der Waals surface area contributed by atoms with Crippen LogP contribution in [0.25, 0.3) is 0 Å². The van der Waals surface area contributed by atoms with Gasteiger partial charge < -0.3 is 14.9 Å². The molecule has 5 rings (SSSR count). The Morgan fingerprint density at radius 3 is 2.55 bits per heavy atom. The van der Waals surface area contributed by atoms with E-state index in [1.165, 1.54) is 13.2 Å². The zero-order chi connectivity index (χ0) is 27.5. The fraction of sp³-hybridized carbons (Fsp3) is 0.370. The highest BCUT2D eigenvalue weighted by Crippen LogP contribution is 2.57. The minimum absolute atomic E-state index is 0.00567. The molecule has 11 heteroatoms. The van der Waals surface area contributed by atoms with Crippen molar-refractivity contribution >= 4 is 61.2 Å². The predicted octanol–water partition coefficient (Wildman–Crippen LogP) is 3.79. The number of amides is 2. The third kappa shape index (κ3) is 4.16. The smallest absolute Gasteiger partial charge is 0.303 e. The van der Waals surface area contributed by atoms with Crippen LogP contribution in [0, 0.1) is 17.8 Å². The molecule has 0 bridgehead atoms. The van der Waals surface area contributed by atoms with Crippen LogP contribution in [-0.2, 0) is 24.0 Å². The van der Waals surface area contributed by atoms with Gasteiger partial charge in [-0.25, -0.2) is 0 Å². The van der Waals surface area contributed by atoms with Gasteiger partial charge >= 0.3 is 5.97 Å². The zero-order valence-corrected chi connectivity index (χ0v) is 23.4. The van der Waals surface area contributed by atoms with Crippen LogP contribution in [0.2, 0.25) is 0 Å². The highest BCUT2D eigenvalue weighted by atomic mass is 79.9. The fourth-order valence-corrected chi connectivity index (χ4v) is 7.11. The topological polar surface area (TPSA) is 138 Å². The number of nitrogens with zero attached hydrogens (tertiary/aromatic N) is 1. The van der Waals surface area contributed by atoms with Crippen molar-refractivity contribution in [2.75, 3.05) is 13.7 Å². The van der Waals surface area contributed by atoms with E-state index >= 15 is 0 Å². The number of hydrogen-bond donors (Lipinski definition) is 2. The SMILES string of the molecule is COc1cc(Br)cc(C2C3=CCC4C(=O)N(CCCC(=O)O)C(=O)C4C3CC3=C2C(=O)C=C(Br)C3=O)c1O. The maximum Gasteiger partial charge on any atom is 0.303 e. The quantitative estimate of drug-likeness (QED) is 0.270. The number of carbonyl (C=O) groups excluding carboxylic acids is 4. The number of hydrogen-bond acceptors (Lipinski definition) is 7. The number of fused-ring (bicyclic) bond motifs is 3. The molecule has 0 spiro atoms. The molecule has 1 aliphatic heterocycles. The number of methoxy groups -OCH3 is 1. The largest absolute Gasteiger partial charge is 0.504 e. The van der Waals surface area contributed by atoms with Gasteiger partial charge in [-0.3, -0.25) is 28.9 Å². The van der Waals surface area contributed by atoms with Crippen LogP contribution < -0.4 is 4.74 Å². The minimum Gasteiger partial charge on any atom is -0.504 e. The first kappa shape index (κ1) is 26.6. The summed E-state index contributed by atoms with van der Waals surface area (Å²) < 4.78 is 6.03. The lowest BCUT2D eigenvalue weighted by Crippen LogP contribution is -2.39. The molecule has 0 radical (unpaired) electrons. The summed E-state index contributed by atoms with van der Waals surface area (Å²) in [5.74, 6) is -5.29. The standard InChI is InChI=1S/C27H23Br2NO8/c1-38-19-8-11(28)7-15(25(19)35)21-12-4-5-13-22(27(37)30(26(13)36)6-2-3-20(32)33)14(12)9-16-23(21)18(31)10-17(29)24(16)34/h4,7-8,10,13-14,21-22,35H,2-3,5-6,9H2,1H3,(H,32,33). The van der Waals surface area contributed by atoms with E-state index < -0.39 is 35.5 Å². The number of aliphatic carboxylic acids is 1. The van der Waals surface area contributed by atoms with Crippen molar-refractivity contribution in [3.8, 4) is 11.5 Å². The molecule has 4 aliphatic rings. The number of Topliss-reactive ketones (excluding diaryl/α,β-unsaturated/α-hetero) is 1. The molecule has 1 aromatic rings. The lowest BCUT2D eigenvalue weighted by atomic mass is 9.59. The van der Waals surface area contributed by atoms with E-state index in [1.54, 1.807) is 12.1 Å². The van der Waals surface area contributed by atoms with Crippen molar-refractivity contribution in [3.63, 3.8) is 0 Å². The number of rotatable bonds is 6. The van der Waals surface area contributed by atoms with Crippen molar-refractivity contribution in [1.29, 1.82) is 0 Å². The molecular weight excluding hydrogens is 626 g/mol. The average Bonchev–Trinajstić information content (AvgIpc) is 3.12. The number of halogens is 2. The number of imide groups is 1. The number of ether oxygens (including phenoxy) is 1. The second kappa shape index (κ2) is 9.92. The van der Waals surface area contributed by atoms with E-state index in [0.717, 1.165) is 4.90 Å². The van der Waals surface area contributed by atoms with E-state index in [1.807, 2.05) is 6.08 Å². The number of carboxylic acids is 1. The summed E-state index contributed by atoms with van der Waals surface area (Å²) >= 11 is 6.61. The zero-order valence-electron chi connectivity index (χ0n) is 20.2. The molecule has 1 saturated heterocycles. The van der Waals surface area contributed by atoms with Crippen LogP contribution in [0.15, 0.2) is 50.0 Å². The predicted molar refractivity (Wildman–Crippen MR) is 141 cm³/mol. The number of likely N-dealkylation sites (tertiary alicyclic amines) is 1. The summed E-state index contributed by atoms with van der Waals surface area (Å²) in [4.78, 5) is 65.5. The summed E-state index contributed by atoms with van der Waals surface area (Å²) in [6.45, 7) is 0.00567. The first-order valence-electron chi connectivity index (χ1n) is 12.1. The molecule has 0 aromatic heterocycles. The van der Waals surface area contributed by atoms with E-state index in [2.05, 4.69) is 31.9 Å². The lowest BCUT2D eigenvalue weighted by Gasteiger charge is -2.42. The maximum atomic E-state index is 13.6. The Bertz CT molecular complexity index is 1410. The second-order valence-electron chi connectivity index (χ2n) is 9.76. The van der Waals surface area contributed by atoms with Crippen molar-refractivity contribution in [3.05, 3.63) is 55.5 Å². The maximum absolute atomic E-state index is 13.6. The van der Waals surface area contributed by atoms with Crippen molar-refractivity contribution in [1.82, 2.24) is 4.90 Å². The molecule has 1 aromatic carbocycles. The highest BCUT2D eigenvalue weighted by Gasteiger charge is 2.56.